The molecule has 0 saturated carbocycles. The topological polar surface area (TPSA) is 259 Å². The maximum Gasteiger partial charge on any atom is 0.350 e. The minimum atomic E-state index is -1.76. The zero-order valence-electron chi connectivity index (χ0n) is 28.2. The van der Waals surface area contributed by atoms with Crippen molar-refractivity contribution in [3.63, 3.8) is 0 Å². The van der Waals surface area contributed by atoms with Crippen LogP contribution in [0.1, 0.15) is 55.0 Å². The van der Waals surface area contributed by atoms with E-state index in [2.05, 4.69) is 43.1 Å². The van der Waals surface area contributed by atoms with Crippen molar-refractivity contribution in [2.24, 2.45) is 11.1 Å². The standard InChI is InChI=1S/C31H35ClN10O8S2/c1-31(2,29(48)49)50-38-21(17-13-52-30(33)34-17)26(46)35-22-27(47)41-23(25-36-39-40-37-25)15(12-51-28(22)41)11-42(3)8-6-14(7-9-42)10-19(44)16-4-5-18(43)24(45)20(16)32/h4-5,13-14,22,28H,6-12H2,1-3H3,(H6-,33,34,35,36,37,38,39,40,43,44,45,46,48,49)/p+1/t14?,22-,28-,42?/m1/s1. The Balaban J connectivity index is 1.15. The first-order chi connectivity index (χ1) is 24.6. The molecule has 5 heterocycles. The number of piperidine rings is 1. The van der Waals surface area contributed by atoms with Crippen molar-refractivity contribution in [3.8, 4) is 11.5 Å². The fourth-order valence-electron chi connectivity index (χ4n) is 6.30. The minimum absolute atomic E-state index is 0.0596. The van der Waals surface area contributed by atoms with Gasteiger partial charge in [0.05, 0.1) is 30.9 Å². The first-order valence-electron chi connectivity index (χ1n) is 16.1. The van der Waals surface area contributed by atoms with Crippen molar-refractivity contribution in [2.45, 2.75) is 50.1 Å². The van der Waals surface area contributed by atoms with Gasteiger partial charge < -0.3 is 35.7 Å². The number of nitrogens with zero attached hydrogens (tertiary/aromatic N) is 7. The van der Waals surface area contributed by atoms with Crippen LogP contribution >= 0.6 is 34.7 Å². The lowest BCUT2D eigenvalue weighted by molar-refractivity contribution is -0.910. The first kappa shape index (κ1) is 37.0. The SMILES string of the molecule is CC(C)(O/N=C(\C(=O)N[C@@H]1C(=O)N2C(c3nn[nH]n3)=C(C[N+]3(C)CCC(CC(=O)c4ccc(O)c(O)c4Cl)CC3)CS[C@H]12)c1csc(N)n1)C(=O)O. The number of ketones is 1. The van der Waals surface area contributed by atoms with Gasteiger partial charge in [0, 0.05) is 41.5 Å². The fraction of sp³-hybridized carbons (Fsp3) is 0.452. The maximum absolute atomic E-state index is 13.8. The molecule has 276 valence electrons. The summed E-state index contributed by atoms with van der Waals surface area (Å²) in [6.07, 6.45) is 1.76. The number of phenolic OH excluding ortho intramolecular Hbond substituents is 2. The van der Waals surface area contributed by atoms with Crippen LogP contribution in [0.5, 0.6) is 11.5 Å². The Kier molecular flexibility index (Phi) is 10.2. The van der Waals surface area contributed by atoms with Crippen molar-refractivity contribution < 1.29 is 43.8 Å². The van der Waals surface area contributed by atoms with Gasteiger partial charge in [-0.05, 0) is 37.1 Å². The lowest BCUT2D eigenvalue weighted by Gasteiger charge is -2.50. The second kappa shape index (κ2) is 14.3. The number of aromatic hydroxyl groups is 2. The molecule has 0 spiro atoms. The third kappa shape index (κ3) is 7.28. The molecule has 3 aromatic rings. The number of Topliss-reactive ketones (excluding diaryl/α,β-unsaturated/α-hetero) is 1. The van der Waals surface area contributed by atoms with Gasteiger partial charge in [-0.25, -0.2) is 9.78 Å². The number of H-pyrrole nitrogens is 1. The van der Waals surface area contributed by atoms with Crippen LogP contribution in [0.3, 0.4) is 0 Å². The molecule has 52 heavy (non-hydrogen) atoms. The molecular formula is C31H36ClN10O8S2+. The number of nitrogens with two attached hydrogens (primary N) is 1. The largest absolute Gasteiger partial charge is 0.504 e. The highest BCUT2D eigenvalue weighted by atomic mass is 35.5. The van der Waals surface area contributed by atoms with Crippen LogP contribution in [0.25, 0.3) is 5.70 Å². The number of anilines is 1. The maximum atomic E-state index is 13.8. The highest BCUT2D eigenvalue weighted by molar-refractivity contribution is 8.00. The van der Waals surface area contributed by atoms with Gasteiger partial charge in [-0.3, -0.25) is 19.3 Å². The number of halogens is 1. The Morgan fingerprint density at radius 3 is 2.62 bits per heavy atom. The Morgan fingerprint density at radius 2 is 1.98 bits per heavy atom. The number of carboxylic acid groups (broad SMARTS) is 1. The van der Waals surface area contributed by atoms with E-state index in [1.54, 1.807) is 4.90 Å². The number of hydrogen-bond donors (Lipinski definition) is 6. The Morgan fingerprint density at radius 1 is 1.25 bits per heavy atom. The number of likely N-dealkylation sites (tertiary alicyclic amines) is 1. The number of nitrogens with one attached hydrogen (secondary N) is 2. The molecule has 2 saturated heterocycles. The molecule has 21 heteroatoms. The van der Waals surface area contributed by atoms with E-state index in [0.29, 0.717) is 22.5 Å². The lowest BCUT2D eigenvalue weighted by atomic mass is 9.88. The summed E-state index contributed by atoms with van der Waals surface area (Å²) in [5, 5.41) is 51.1. The van der Waals surface area contributed by atoms with Crippen LogP contribution in [0.2, 0.25) is 5.02 Å². The molecule has 6 rings (SSSR count). The summed E-state index contributed by atoms with van der Waals surface area (Å²) in [6.45, 7) is 4.62. The Labute approximate surface area is 309 Å². The smallest absolute Gasteiger partial charge is 0.350 e. The zero-order chi connectivity index (χ0) is 37.5. The predicted molar refractivity (Wildman–Crippen MR) is 189 cm³/mol. The van der Waals surface area contributed by atoms with Crippen molar-refractivity contribution in [2.75, 3.05) is 38.2 Å². The molecule has 2 fully saturated rings. The number of phenols is 2. The summed E-state index contributed by atoms with van der Waals surface area (Å²) in [4.78, 5) is 62.8. The van der Waals surface area contributed by atoms with E-state index >= 15 is 0 Å². The second-order valence-electron chi connectivity index (χ2n) is 13.6. The van der Waals surface area contributed by atoms with Gasteiger partial charge >= 0.3 is 5.97 Å². The number of aromatic nitrogens is 5. The van der Waals surface area contributed by atoms with E-state index in [4.69, 9.17) is 22.2 Å². The zero-order valence-corrected chi connectivity index (χ0v) is 30.6. The molecule has 3 aliphatic heterocycles. The van der Waals surface area contributed by atoms with E-state index in [0.717, 1.165) is 42.8 Å². The summed E-state index contributed by atoms with van der Waals surface area (Å²) in [5.74, 6) is -2.79. The first-order valence-corrected chi connectivity index (χ1v) is 18.4. The monoisotopic (exact) mass is 775 g/mol. The summed E-state index contributed by atoms with van der Waals surface area (Å²) >= 11 is 8.64. The molecule has 0 aliphatic carbocycles. The van der Waals surface area contributed by atoms with Crippen LogP contribution < -0.4 is 11.1 Å². The minimum Gasteiger partial charge on any atom is -0.504 e. The van der Waals surface area contributed by atoms with E-state index in [-0.39, 0.29) is 56.8 Å². The van der Waals surface area contributed by atoms with Crippen LogP contribution in [0.15, 0.2) is 28.2 Å². The highest BCUT2D eigenvalue weighted by Crippen LogP contribution is 2.44. The van der Waals surface area contributed by atoms with E-state index in [1.807, 2.05) is 0 Å². The average Bonchev–Trinajstić information content (AvgIpc) is 3.79. The van der Waals surface area contributed by atoms with Crippen LogP contribution in [-0.2, 0) is 19.2 Å². The van der Waals surface area contributed by atoms with Crippen LogP contribution in [-0.4, -0.2) is 129 Å². The van der Waals surface area contributed by atoms with E-state index in [9.17, 15) is 34.5 Å². The number of tetrazole rings is 1. The highest BCUT2D eigenvalue weighted by Gasteiger charge is 2.54. The number of likely N-dealkylation sites (N-methyl/N-ethyl adjacent to an activating group) is 1. The van der Waals surface area contributed by atoms with Crippen molar-refractivity contribution in [3.05, 3.63) is 45.2 Å². The molecule has 7 N–H and O–H groups in total. The number of quaternary nitrogens is 1. The number of carbonyl (C=O) groups is 4. The summed E-state index contributed by atoms with van der Waals surface area (Å²) in [6, 6.07) is 1.70. The van der Waals surface area contributed by atoms with Crippen molar-refractivity contribution >= 4 is 74.8 Å². The van der Waals surface area contributed by atoms with Gasteiger partial charge in [0.1, 0.15) is 23.7 Å². The molecule has 2 amide bonds. The summed E-state index contributed by atoms with van der Waals surface area (Å²) in [5.41, 5.74) is 5.35. The number of oxime groups is 1. The molecule has 18 nitrogen and oxygen atoms in total. The molecule has 0 bridgehead atoms. The van der Waals surface area contributed by atoms with Gasteiger partial charge in [0.25, 0.3) is 11.8 Å². The van der Waals surface area contributed by atoms with Gasteiger partial charge in [-0.15, -0.1) is 33.3 Å². The third-order valence-corrected chi connectivity index (χ3v) is 11.7. The molecule has 3 aliphatic rings. The molecule has 0 radical (unpaired) electrons. The summed E-state index contributed by atoms with van der Waals surface area (Å²) in [7, 11) is 2.12. The van der Waals surface area contributed by atoms with Gasteiger partial charge in [0.2, 0.25) is 11.4 Å². The van der Waals surface area contributed by atoms with Gasteiger partial charge in [-0.2, -0.15) is 5.21 Å². The molecular weight excluding hydrogens is 740 g/mol. The van der Waals surface area contributed by atoms with Crippen LogP contribution in [0, 0.1) is 5.92 Å². The molecule has 0 unspecified atom stereocenters. The van der Waals surface area contributed by atoms with Gasteiger partial charge in [0.15, 0.2) is 28.1 Å². The number of thioether (sulfide) groups is 1. The molecule has 2 atom stereocenters. The van der Waals surface area contributed by atoms with Gasteiger partial charge in [-0.1, -0.05) is 16.8 Å². The number of β-lactam (4-membered cyclic amide) rings is 1. The number of benzene rings is 1. The fourth-order valence-corrected chi connectivity index (χ4v) is 8.45. The number of rotatable bonds is 12. The third-order valence-electron chi connectivity index (χ3n) is 9.35. The Bertz CT molecular complexity index is 1980. The van der Waals surface area contributed by atoms with E-state index in [1.165, 1.54) is 43.1 Å². The lowest BCUT2D eigenvalue weighted by Crippen LogP contribution is -2.70. The molecule has 1 aromatic carbocycles. The number of fused-ring (bicyclic) bond motifs is 1. The number of nitrogen functional groups attached to an aromatic ring is 1. The Hall–Kier alpha value is -4.79. The second-order valence-corrected chi connectivity index (χ2v) is 15.9. The van der Waals surface area contributed by atoms with Crippen molar-refractivity contribution in [1.29, 1.82) is 0 Å². The number of carbonyl (C=O) groups excluding carboxylic acids is 3. The summed E-state index contributed by atoms with van der Waals surface area (Å²) < 4.78 is 0.638. The van der Waals surface area contributed by atoms with E-state index < -0.39 is 40.5 Å². The number of aliphatic carboxylic acids is 1. The quantitative estimate of drug-likeness (QED) is 0.0383. The number of aromatic amines is 1. The number of amides is 2. The molecule has 2 aromatic heterocycles. The number of carboxylic acids is 1. The number of thiazole rings is 1. The normalized spacial score (nSPS) is 23.5. The predicted octanol–water partition coefficient (Wildman–Crippen LogP) is 1.83. The average molecular weight is 776 g/mol. The van der Waals surface area contributed by atoms with Crippen LogP contribution in [0.4, 0.5) is 5.13 Å². The number of hydrogen-bond acceptors (Lipinski definition) is 15. The van der Waals surface area contributed by atoms with Crippen molar-refractivity contribution in [1.82, 2.24) is 35.8 Å².